The first kappa shape index (κ1) is 16.2. The van der Waals surface area contributed by atoms with Crippen molar-refractivity contribution < 1.29 is 9.47 Å². The zero-order valence-corrected chi connectivity index (χ0v) is 14.3. The van der Waals surface area contributed by atoms with Crippen molar-refractivity contribution in [2.45, 2.75) is 56.2 Å². The van der Waals surface area contributed by atoms with Crippen LogP contribution in [0.5, 0.6) is 0 Å². The van der Waals surface area contributed by atoms with Crippen LogP contribution in [0.4, 0.5) is 5.82 Å². The van der Waals surface area contributed by atoms with Gasteiger partial charge in [0.2, 0.25) is 0 Å². The molecule has 1 atom stereocenters. The zero-order valence-electron chi connectivity index (χ0n) is 14.3. The van der Waals surface area contributed by atoms with Crippen molar-refractivity contribution in [2.75, 3.05) is 37.8 Å². The minimum atomic E-state index is 0.0779. The van der Waals surface area contributed by atoms with E-state index in [1.165, 1.54) is 12.8 Å². The predicted molar refractivity (Wildman–Crippen MR) is 92.2 cm³/mol. The Labute approximate surface area is 143 Å². The van der Waals surface area contributed by atoms with Gasteiger partial charge in [-0.2, -0.15) is 0 Å². The third-order valence-corrected chi connectivity index (χ3v) is 5.74. The summed E-state index contributed by atoms with van der Waals surface area (Å²) >= 11 is 0. The molecule has 1 aromatic rings. The fourth-order valence-corrected chi connectivity index (χ4v) is 4.32. The summed E-state index contributed by atoms with van der Waals surface area (Å²) in [4.78, 5) is 10.9. The van der Waals surface area contributed by atoms with Crippen molar-refractivity contribution in [1.29, 1.82) is 0 Å². The topological polar surface area (TPSA) is 59.5 Å². The summed E-state index contributed by atoms with van der Waals surface area (Å²) in [5.74, 6) is 1.00. The van der Waals surface area contributed by atoms with E-state index in [0.717, 1.165) is 64.4 Å². The molecule has 6 heteroatoms. The zero-order chi connectivity index (χ0) is 16.2. The normalized spacial score (nSPS) is 28.2. The predicted octanol–water partition coefficient (Wildman–Crippen LogP) is 1.76. The van der Waals surface area contributed by atoms with Crippen LogP contribution in [-0.2, 0) is 9.47 Å². The number of rotatable bonds is 3. The first-order valence-corrected chi connectivity index (χ1v) is 9.32. The van der Waals surface area contributed by atoms with E-state index >= 15 is 0 Å². The second-order valence-corrected chi connectivity index (χ2v) is 7.33. The van der Waals surface area contributed by atoms with Crippen LogP contribution in [0.25, 0.3) is 0 Å². The molecule has 3 aliphatic rings. The van der Waals surface area contributed by atoms with Crippen molar-refractivity contribution in [3.63, 3.8) is 0 Å². The van der Waals surface area contributed by atoms with Gasteiger partial charge in [0.1, 0.15) is 5.82 Å². The van der Waals surface area contributed by atoms with Gasteiger partial charge in [0.15, 0.2) is 0 Å². The SMILES string of the molecule is c1cnc(N2CCC(N[C@@H]3CCOC4(CCOCC4)C3)CC2)cn1. The molecule has 0 aromatic carbocycles. The molecule has 3 saturated heterocycles. The van der Waals surface area contributed by atoms with E-state index in [0.29, 0.717) is 12.1 Å². The summed E-state index contributed by atoms with van der Waals surface area (Å²) in [5.41, 5.74) is 0.0779. The first-order valence-electron chi connectivity index (χ1n) is 9.32. The summed E-state index contributed by atoms with van der Waals surface area (Å²) in [5, 5.41) is 3.92. The molecule has 132 valence electrons. The largest absolute Gasteiger partial charge is 0.381 e. The molecule has 3 aliphatic heterocycles. The molecule has 4 rings (SSSR count). The smallest absolute Gasteiger partial charge is 0.147 e. The highest BCUT2D eigenvalue weighted by atomic mass is 16.5. The molecule has 1 N–H and O–H groups in total. The van der Waals surface area contributed by atoms with Crippen molar-refractivity contribution in [2.24, 2.45) is 0 Å². The maximum absolute atomic E-state index is 6.16. The van der Waals surface area contributed by atoms with Crippen LogP contribution in [0.2, 0.25) is 0 Å². The minimum absolute atomic E-state index is 0.0779. The number of anilines is 1. The molecule has 0 unspecified atom stereocenters. The molecule has 3 fully saturated rings. The molecule has 4 heterocycles. The lowest BCUT2D eigenvalue weighted by Gasteiger charge is -2.45. The summed E-state index contributed by atoms with van der Waals surface area (Å²) in [7, 11) is 0. The molecule has 1 spiro atoms. The summed E-state index contributed by atoms with van der Waals surface area (Å²) in [6, 6.07) is 1.20. The fraction of sp³-hybridized carbons (Fsp3) is 0.778. The van der Waals surface area contributed by atoms with E-state index < -0.39 is 0 Å². The number of hydrogen-bond acceptors (Lipinski definition) is 6. The van der Waals surface area contributed by atoms with Gasteiger partial charge in [-0.05, 0) is 38.5 Å². The molecule has 6 nitrogen and oxygen atoms in total. The number of piperidine rings is 1. The van der Waals surface area contributed by atoms with Gasteiger partial charge in [-0.15, -0.1) is 0 Å². The Hall–Kier alpha value is -1.24. The van der Waals surface area contributed by atoms with Gasteiger partial charge in [-0.3, -0.25) is 4.98 Å². The lowest BCUT2D eigenvalue weighted by molar-refractivity contribution is -0.141. The Kier molecular flexibility index (Phi) is 4.96. The fourth-order valence-electron chi connectivity index (χ4n) is 4.32. The molecule has 0 radical (unpaired) electrons. The first-order chi connectivity index (χ1) is 11.8. The Balaban J connectivity index is 1.27. The van der Waals surface area contributed by atoms with E-state index in [1.807, 2.05) is 6.20 Å². The molecule has 0 bridgehead atoms. The number of ether oxygens (including phenoxy) is 2. The maximum atomic E-state index is 6.16. The van der Waals surface area contributed by atoms with E-state index in [2.05, 4.69) is 20.2 Å². The highest BCUT2D eigenvalue weighted by molar-refractivity contribution is 5.35. The van der Waals surface area contributed by atoms with Crippen LogP contribution >= 0.6 is 0 Å². The second kappa shape index (κ2) is 7.33. The summed E-state index contributed by atoms with van der Waals surface area (Å²) in [6.07, 6.45) is 12.1. The molecule has 0 saturated carbocycles. The van der Waals surface area contributed by atoms with Crippen LogP contribution in [0.15, 0.2) is 18.6 Å². The van der Waals surface area contributed by atoms with Crippen molar-refractivity contribution in [3.8, 4) is 0 Å². The van der Waals surface area contributed by atoms with Crippen molar-refractivity contribution in [3.05, 3.63) is 18.6 Å². The lowest BCUT2D eigenvalue weighted by Crippen LogP contribution is -2.53. The Morgan fingerprint density at radius 1 is 1.04 bits per heavy atom. The average molecular weight is 332 g/mol. The number of nitrogens with one attached hydrogen (secondary N) is 1. The average Bonchev–Trinajstić information content (AvgIpc) is 2.64. The van der Waals surface area contributed by atoms with E-state index in [4.69, 9.17) is 9.47 Å². The molecular weight excluding hydrogens is 304 g/mol. The minimum Gasteiger partial charge on any atom is -0.381 e. The van der Waals surface area contributed by atoms with Crippen LogP contribution in [0, 0.1) is 0 Å². The number of hydrogen-bond donors (Lipinski definition) is 1. The molecule has 0 amide bonds. The van der Waals surface area contributed by atoms with Gasteiger partial charge in [-0.1, -0.05) is 0 Å². The highest BCUT2D eigenvalue weighted by Crippen LogP contribution is 2.34. The van der Waals surface area contributed by atoms with Crippen LogP contribution in [0.1, 0.15) is 38.5 Å². The lowest BCUT2D eigenvalue weighted by atomic mass is 9.83. The van der Waals surface area contributed by atoms with E-state index in [1.54, 1.807) is 12.4 Å². The Bertz CT molecular complexity index is 508. The van der Waals surface area contributed by atoms with Gasteiger partial charge < -0.3 is 19.7 Å². The Morgan fingerprint density at radius 2 is 1.88 bits per heavy atom. The van der Waals surface area contributed by atoms with Gasteiger partial charge in [0.25, 0.3) is 0 Å². The number of aromatic nitrogens is 2. The van der Waals surface area contributed by atoms with Crippen LogP contribution < -0.4 is 10.2 Å². The maximum Gasteiger partial charge on any atom is 0.147 e. The number of nitrogens with zero attached hydrogens (tertiary/aromatic N) is 3. The van der Waals surface area contributed by atoms with Gasteiger partial charge in [0, 0.05) is 57.4 Å². The monoisotopic (exact) mass is 332 g/mol. The van der Waals surface area contributed by atoms with Gasteiger partial charge >= 0.3 is 0 Å². The van der Waals surface area contributed by atoms with Gasteiger partial charge in [-0.25, -0.2) is 4.98 Å². The Morgan fingerprint density at radius 3 is 2.62 bits per heavy atom. The van der Waals surface area contributed by atoms with Crippen molar-refractivity contribution >= 4 is 5.82 Å². The molecule has 0 aliphatic carbocycles. The van der Waals surface area contributed by atoms with Crippen LogP contribution in [0.3, 0.4) is 0 Å². The second-order valence-electron chi connectivity index (χ2n) is 7.33. The molecule has 24 heavy (non-hydrogen) atoms. The van der Waals surface area contributed by atoms with E-state index in [-0.39, 0.29) is 5.60 Å². The standard InChI is InChI=1S/C18H28N4O2/c1-8-22(17-14-19-6-7-20-17)9-2-15(1)21-16-3-10-24-18(13-16)4-11-23-12-5-18/h6-7,14-16,21H,1-5,8-13H2/t16-/m1/s1. The molecule has 1 aromatic heterocycles. The molecular formula is C18H28N4O2. The third-order valence-electron chi connectivity index (χ3n) is 5.74. The van der Waals surface area contributed by atoms with Gasteiger partial charge in [0.05, 0.1) is 11.8 Å². The van der Waals surface area contributed by atoms with Crippen LogP contribution in [-0.4, -0.2) is 60.6 Å². The summed E-state index contributed by atoms with van der Waals surface area (Å²) < 4.78 is 11.7. The quantitative estimate of drug-likeness (QED) is 0.910. The van der Waals surface area contributed by atoms with Crippen molar-refractivity contribution in [1.82, 2.24) is 15.3 Å². The highest BCUT2D eigenvalue weighted by Gasteiger charge is 2.39. The third kappa shape index (κ3) is 3.71. The summed E-state index contributed by atoms with van der Waals surface area (Å²) in [6.45, 7) is 4.69. The van der Waals surface area contributed by atoms with E-state index in [9.17, 15) is 0 Å².